The summed E-state index contributed by atoms with van der Waals surface area (Å²) in [4.78, 5) is 12.0. The third kappa shape index (κ3) is 3.94. The first-order chi connectivity index (χ1) is 9.10. The van der Waals surface area contributed by atoms with E-state index in [-0.39, 0.29) is 30.4 Å². The average Bonchev–Trinajstić information content (AvgIpc) is 2.85. The third-order valence-corrected chi connectivity index (χ3v) is 3.32. The first-order valence-electron chi connectivity index (χ1n) is 6.32. The molecule has 1 saturated heterocycles. The van der Waals surface area contributed by atoms with Crippen molar-refractivity contribution < 1.29 is 9.90 Å². The number of rotatable bonds is 3. The van der Waals surface area contributed by atoms with E-state index in [0.29, 0.717) is 18.5 Å². The van der Waals surface area contributed by atoms with Crippen LogP contribution in [0.5, 0.6) is 0 Å². The van der Waals surface area contributed by atoms with Gasteiger partial charge in [-0.05, 0) is 31.0 Å². The molecule has 0 spiro atoms. The Hall–Kier alpha value is -1.61. The zero-order chi connectivity index (χ0) is 13.8. The molecule has 2 rings (SSSR count). The largest absolute Gasteiger partial charge is 0.392 e. The molecule has 108 valence electrons. The minimum atomic E-state index is -0.444. The van der Waals surface area contributed by atoms with Gasteiger partial charge >= 0.3 is 0 Å². The molecule has 1 amide bonds. The summed E-state index contributed by atoms with van der Waals surface area (Å²) in [6.07, 6.45) is 0.00677. The predicted molar refractivity (Wildman–Crippen MR) is 77.4 cm³/mol. The molecule has 1 fully saturated rings. The molecule has 5 nitrogen and oxygen atoms in total. The van der Waals surface area contributed by atoms with Gasteiger partial charge in [0.2, 0.25) is 5.91 Å². The van der Waals surface area contributed by atoms with E-state index in [4.69, 9.17) is 5.26 Å². The van der Waals surface area contributed by atoms with Gasteiger partial charge < -0.3 is 15.7 Å². The Kier molecular flexibility index (Phi) is 5.96. The van der Waals surface area contributed by atoms with Crippen molar-refractivity contribution >= 4 is 18.3 Å². The zero-order valence-electron chi connectivity index (χ0n) is 11.2. The number of nitrogens with one attached hydrogen (secondary N) is 2. The standard InChI is InChI=1S/C14H17N3O2.ClH/c1-9(11-4-2-10(7-15)3-5-11)17-14(19)13-6-12(18)8-16-13;/h2-5,9,12-13,16,18H,6,8H2,1H3,(H,17,19);1H/t9?,12-,13+;/m1./s1. The highest BCUT2D eigenvalue weighted by atomic mass is 35.5. The van der Waals surface area contributed by atoms with Crippen molar-refractivity contribution in [2.75, 3.05) is 6.54 Å². The van der Waals surface area contributed by atoms with E-state index < -0.39 is 6.10 Å². The summed E-state index contributed by atoms with van der Waals surface area (Å²) in [7, 11) is 0. The maximum atomic E-state index is 12.0. The van der Waals surface area contributed by atoms with Crippen LogP contribution in [0.15, 0.2) is 24.3 Å². The van der Waals surface area contributed by atoms with Gasteiger partial charge in [-0.3, -0.25) is 4.79 Å². The average molecular weight is 296 g/mol. The van der Waals surface area contributed by atoms with Crippen LogP contribution in [0.1, 0.15) is 30.5 Å². The second kappa shape index (κ2) is 7.25. The second-order valence-electron chi connectivity index (χ2n) is 4.81. The quantitative estimate of drug-likeness (QED) is 0.773. The number of nitriles is 1. The third-order valence-electron chi connectivity index (χ3n) is 3.32. The highest BCUT2D eigenvalue weighted by Crippen LogP contribution is 2.14. The van der Waals surface area contributed by atoms with Gasteiger partial charge in [0.1, 0.15) is 0 Å². The van der Waals surface area contributed by atoms with E-state index in [9.17, 15) is 9.90 Å². The van der Waals surface area contributed by atoms with Crippen LogP contribution in [-0.4, -0.2) is 29.7 Å². The fraction of sp³-hybridized carbons (Fsp3) is 0.429. The Morgan fingerprint density at radius 1 is 1.50 bits per heavy atom. The maximum absolute atomic E-state index is 12.0. The molecule has 0 aromatic heterocycles. The van der Waals surface area contributed by atoms with Crippen molar-refractivity contribution in [2.24, 2.45) is 0 Å². The molecular formula is C14H18ClN3O2. The van der Waals surface area contributed by atoms with E-state index in [0.717, 1.165) is 5.56 Å². The van der Waals surface area contributed by atoms with E-state index in [1.165, 1.54) is 0 Å². The van der Waals surface area contributed by atoms with Crippen molar-refractivity contribution in [1.29, 1.82) is 5.26 Å². The number of benzene rings is 1. The van der Waals surface area contributed by atoms with Crippen molar-refractivity contribution in [1.82, 2.24) is 10.6 Å². The summed E-state index contributed by atoms with van der Waals surface area (Å²) < 4.78 is 0. The summed E-state index contributed by atoms with van der Waals surface area (Å²) in [6.45, 7) is 2.36. The summed E-state index contributed by atoms with van der Waals surface area (Å²) in [5.41, 5.74) is 1.55. The Morgan fingerprint density at radius 3 is 2.65 bits per heavy atom. The fourth-order valence-corrected chi connectivity index (χ4v) is 2.16. The number of aliphatic hydroxyl groups is 1. The molecular weight excluding hydrogens is 278 g/mol. The van der Waals surface area contributed by atoms with Crippen molar-refractivity contribution in [3.63, 3.8) is 0 Å². The number of aliphatic hydroxyl groups excluding tert-OH is 1. The molecule has 1 heterocycles. The first kappa shape index (κ1) is 16.4. The van der Waals surface area contributed by atoms with Crippen LogP contribution in [0, 0.1) is 11.3 Å². The van der Waals surface area contributed by atoms with Crippen molar-refractivity contribution in [3.05, 3.63) is 35.4 Å². The van der Waals surface area contributed by atoms with Crippen LogP contribution in [-0.2, 0) is 4.79 Å². The SMILES string of the molecule is CC(NC(=O)[C@@H]1C[C@@H](O)CN1)c1ccc(C#N)cc1.Cl. The Bertz CT molecular complexity index is 498. The van der Waals surface area contributed by atoms with E-state index in [2.05, 4.69) is 16.7 Å². The highest BCUT2D eigenvalue weighted by Gasteiger charge is 2.28. The second-order valence-corrected chi connectivity index (χ2v) is 4.81. The van der Waals surface area contributed by atoms with Crippen LogP contribution in [0.4, 0.5) is 0 Å². The van der Waals surface area contributed by atoms with Gasteiger partial charge in [0, 0.05) is 6.54 Å². The Labute approximate surface area is 124 Å². The van der Waals surface area contributed by atoms with Gasteiger partial charge in [0.05, 0.1) is 29.8 Å². The smallest absolute Gasteiger partial charge is 0.237 e. The molecule has 1 aliphatic rings. The van der Waals surface area contributed by atoms with Crippen molar-refractivity contribution in [3.8, 4) is 6.07 Å². The summed E-state index contributed by atoms with van der Waals surface area (Å²) >= 11 is 0. The van der Waals surface area contributed by atoms with Crippen LogP contribution < -0.4 is 10.6 Å². The van der Waals surface area contributed by atoms with Crippen LogP contribution >= 0.6 is 12.4 Å². The van der Waals surface area contributed by atoms with Gasteiger partial charge in [0.25, 0.3) is 0 Å². The topological polar surface area (TPSA) is 85.2 Å². The normalized spacial score (nSPS) is 22.4. The lowest BCUT2D eigenvalue weighted by Gasteiger charge is -2.17. The molecule has 3 N–H and O–H groups in total. The minimum absolute atomic E-state index is 0. The molecule has 1 aliphatic heterocycles. The predicted octanol–water partition coefficient (Wildman–Crippen LogP) is 0.880. The number of carbonyl (C=O) groups excluding carboxylic acids is 1. The molecule has 1 unspecified atom stereocenters. The van der Waals surface area contributed by atoms with Gasteiger partial charge in [-0.15, -0.1) is 12.4 Å². The van der Waals surface area contributed by atoms with Crippen LogP contribution in [0.3, 0.4) is 0 Å². The monoisotopic (exact) mass is 295 g/mol. The molecule has 6 heteroatoms. The van der Waals surface area contributed by atoms with Gasteiger partial charge in [-0.2, -0.15) is 5.26 Å². The lowest BCUT2D eigenvalue weighted by atomic mass is 10.1. The summed E-state index contributed by atoms with van der Waals surface area (Å²) in [5, 5.41) is 24.0. The number of β-amino-alcohol motifs (C(OH)–C–C–N with tert-alkyl or cyclic N) is 1. The first-order valence-corrected chi connectivity index (χ1v) is 6.32. The number of halogens is 1. The van der Waals surface area contributed by atoms with Crippen LogP contribution in [0.2, 0.25) is 0 Å². The number of carbonyl (C=O) groups is 1. The zero-order valence-corrected chi connectivity index (χ0v) is 12.0. The summed E-state index contributed by atoms with van der Waals surface area (Å²) in [6, 6.07) is 8.74. The molecule has 0 bridgehead atoms. The lowest BCUT2D eigenvalue weighted by Crippen LogP contribution is -2.41. The molecule has 0 aliphatic carbocycles. The molecule has 20 heavy (non-hydrogen) atoms. The van der Waals surface area contributed by atoms with E-state index >= 15 is 0 Å². The molecule has 1 aromatic rings. The lowest BCUT2D eigenvalue weighted by molar-refractivity contribution is -0.123. The van der Waals surface area contributed by atoms with Crippen LogP contribution in [0.25, 0.3) is 0 Å². The Morgan fingerprint density at radius 2 is 2.15 bits per heavy atom. The highest BCUT2D eigenvalue weighted by molar-refractivity contribution is 5.85. The minimum Gasteiger partial charge on any atom is -0.392 e. The van der Waals surface area contributed by atoms with E-state index in [1.54, 1.807) is 12.1 Å². The van der Waals surface area contributed by atoms with Gasteiger partial charge in [-0.1, -0.05) is 12.1 Å². The van der Waals surface area contributed by atoms with E-state index in [1.807, 2.05) is 19.1 Å². The number of hydrogen-bond acceptors (Lipinski definition) is 4. The molecule has 3 atom stereocenters. The number of hydrogen-bond donors (Lipinski definition) is 3. The molecule has 0 radical (unpaired) electrons. The molecule has 1 aromatic carbocycles. The van der Waals surface area contributed by atoms with Gasteiger partial charge in [0.15, 0.2) is 0 Å². The number of amides is 1. The van der Waals surface area contributed by atoms with Gasteiger partial charge in [-0.25, -0.2) is 0 Å². The maximum Gasteiger partial charge on any atom is 0.237 e. The number of nitrogens with zero attached hydrogens (tertiary/aromatic N) is 1. The van der Waals surface area contributed by atoms with Crippen molar-refractivity contribution in [2.45, 2.75) is 31.5 Å². The summed E-state index contributed by atoms with van der Waals surface area (Å²) in [5.74, 6) is -0.103. The molecule has 0 saturated carbocycles. The Balaban J connectivity index is 0.00000200. The fourth-order valence-electron chi connectivity index (χ4n) is 2.16.